The van der Waals surface area contributed by atoms with Gasteiger partial charge in [-0.3, -0.25) is 9.78 Å². The summed E-state index contributed by atoms with van der Waals surface area (Å²) < 4.78 is 46.8. The highest BCUT2D eigenvalue weighted by atomic mass is 32.2. The molecule has 1 fully saturated rings. The summed E-state index contributed by atoms with van der Waals surface area (Å²) >= 11 is 1.43. The number of thioether (sulfide) groups is 1. The van der Waals surface area contributed by atoms with E-state index >= 15 is 0 Å². The van der Waals surface area contributed by atoms with Crippen LogP contribution in [0.5, 0.6) is 11.5 Å². The van der Waals surface area contributed by atoms with Crippen LogP contribution in [0.4, 0.5) is 13.2 Å². The van der Waals surface area contributed by atoms with E-state index in [0.29, 0.717) is 42.3 Å². The Morgan fingerprint density at radius 1 is 1.18 bits per heavy atom. The molecule has 2 aromatic carbocycles. The molecule has 0 saturated carbocycles. The Bertz CT molecular complexity index is 1290. The number of piperidine rings is 1. The standard InChI is InChI=1S/C29H33F3N2O5S/c1-38-21-6-7-26-25(17-21)24(9-11-33-26)27(35)8-5-19-10-12-34(18-20(19)15-28(36)37)13-14-40-23-4-2-3-22(16-23)39-29(30,31)32/h2-4,6-7,9,11,16-17,19-20,27,35H,5,8,10,12-15,18H2,1H3,(H,36,37)/t19-,20+,27?/m1/s1. The molecule has 1 saturated heterocycles. The van der Waals surface area contributed by atoms with Crippen LogP contribution in [0.3, 0.4) is 0 Å². The summed E-state index contributed by atoms with van der Waals surface area (Å²) in [5.41, 5.74) is 1.55. The number of alkyl halides is 3. The van der Waals surface area contributed by atoms with Crippen molar-refractivity contribution in [2.24, 2.45) is 11.8 Å². The maximum absolute atomic E-state index is 12.5. The van der Waals surface area contributed by atoms with Crippen molar-refractivity contribution in [1.82, 2.24) is 9.88 Å². The second-order valence-electron chi connectivity index (χ2n) is 9.95. The van der Waals surface area contributed by atoms with Gasteiger partial charge >= 0.3 is 12.3 Å². The number of rotatable bonds is 12. The number of aliphatic carboxylic acids is 1. The maximum atomic E-state index is 12.5. The van der Waals surface area contributed by atoms with E-state index in [2.05, 4.69) is 14.6 Å². The fourth-order valence-electron chi connectivity index (χ4n) is 5.34. The Kier molecular flexibility index (Phi) is 10.2. The van der Waals surface area contributed by atoms with Crippen molar-refractivity contribution in [1.29, 1.82) is 0 Å². The number of carboxylic acid groups (broad SMARTS) is 1. The summed E-state index contributed by atoms with van der Waals surface area (Å²) in [6, 6.07) is 13.3. The van der Waals surface area contributed by atoms with E-state index < -0.39 is 18.4 Å². The first-order valence-corrected chi connectivity index (χ1v) is 14.1. The number of aromatic nitrogens is 1. The number of aliphatic hydroxyl groups is 1. The number of fused-ring (bicyclic) bond motifs is 1. The van der Waals surface area contributed by atoms with Gasteiger partial charge in [0.15, 0.2) is 0 Å². The third-order valence-electron chi connectivity index (χ3n) is 7.28. The van der Waals surface area contributed by atoms with E-state index in [1.54, 1.807) is 19.4 Å². The molecule has 3 atom stereocenters. The molecule has 0 radical (unpaired) electrons. The van der Waals surface area contributed by atoms with Crippen LogP contribution in [0.1, 0.15) is 37.4 Å². The minimum absolute atomic E-state index is 0.0522. The van der Waals surface area contributed by atoms with Crippen molar-refractivity contribution in [3.8, 4) is 11.5 Å². The van der Waals surface area contributed by atoms with Gasteiger partial charge in [-0.1, -0.05) is 6.07 Å². The zero-order chi connectivity index (χ0) is 28.7. The Morgan fingerprint density at radius 3 is 2.75 bits per heavy atom. The molecule has 1 aliphatic heterocycles. The minimum Gasteiger partial charge on any atom is -0.497 e. The highest BCUT2D eigenvalue weighted by Gasteiger charge is 2.32. The lowest BCUT2D eigenvalue weighted by atomic mass is 9.79. The number of halogens is 3. The molecule has 2 N–H and O–H groups in total. The van der Waals surface area contributed by atoms with Crippen LogP contribution < -0.4 is 9.47 Å². The van der Waals surface area contributed by atoms with Crippen LogP contribution >= 0.6 is 11.8 Å². The number of nitrogens with zero attached hydrogens (tertiary/aromatic N) is 2. The SMILES string of the molecule is COc1ccc2nccc(C(O)CC[C@@H]3CCN(CCSc4cccc(OC(F)(F)F)c4)C[C@@H]3CC(=O)O)c2c1. The number of benzene rings is 2. The lowest BCUT2D eigenvalue weighted by Gasteiger charge is -2.38. The maximum Gasteiger partial charge on any atom is 0.573 e. The Hall–Kier alpha value is -3.02. The molecule has 0 bridgehead atoms. The van der Waals surface area contributed by atoms with Gasteiger partial charge in [-0.25, -0.2) is 0 Å². The number of carbonyl (C=O) groups is 1. The fraction of sp³-hybridized carbons (Fsp3) is 0.448. The summed E-state index contributed by atoms with van der Waals surface area (Å²) in [7, 11) is 1.59. The molecule has 1 aromatic heterocycles. The van der Waals surface area contributed by atoms with E-state index in [4.69, 9.17) is 4.74 Å². The minimum atomic E-state index is -4.73. The summed E-state index contributed by atoms with van der Waals surface area (Å²) in [6.07, 6.45) is -1.70. The smallest absolute Gasteiger partial charge is 0.497 e. The molecule has 40 heavy (non-hydrogen) atoms. The first-order chi connectivity index (χ1) is 19.1. The Morgan fingerprint density at radius 2 is 2.00 bits per heavy atom. The third kappa shape index (κ3) is 8.49. The number of hydrogen-bond acceptors (Lipinski definition) is 7. The van der Waals surface area contributed by atoms with Crippen LogP contribution in [0.25, 0.3) is 10.9 Å². The molecule has 4 rings (SSSR count). The van der Waals surface area contributed by atoms with Crippen molar-refractivity contribution < 1.29 is 37.7 Å². The van der Waals surface area contributed by atoms with Gasteiger partial charge in [0.05, 0.1) is 18.7 Å². The molecule has 1 aliphatic rings. The normalized spacial score (nSPS) is 18.9. The molecule has 2 heterocycles. The summed E-state index contributed by atoms with van der Waals surface area (Å²) in [5.74, 6) is 0.344. The highest BCUT2D eigenvalue weighted by molar-refractivity contribution is 7.99. The number of hydrogen-bond donors (Lipinski definition) is 2. The van der Waals surface area contributed by atoms with Crippen molar-refractivity contribution in [2.45, 2.75) is 43.0 Å². The molecule has 1 unspecified atom stereocenters. The number of likely N-dealkylation sites (tertiary alicyclic amines) is 1. The number of pyridine rings is 1. The topological polar surface area (TPSA) is 92.1 Å². The summed E-state index contributed by atoms with van der Waals surface area (Å²) in [4.78, 5) is 18.9. The van der Waals surface area contributed by atoms with Crippen LogP contribution in [0.15, 0.2) is 59.6 Å². The van der Waals surface area contributed by atoms with E-state index in [-0.39, 0.29) is 24.0 Å². The Balaban J connectivity index is 1.32. The zero-order valence-electron chi connectivity index (χ0n) is 22.1. The molecular formula is C29H33F3N2O5S. The summed E-state index contributed by atoms with van der Waals surface area (Å²) in [5, 5.41) is 21.4. The van der Waals surface area contributed by atoms with E-state index in [1.807, 2.05) is 24.3 Å². The predicted molar refractivity (Wildman–Crippen MR) is 147 cm³/mol. The molecule has 7 nitrogen and oxygen atoms in total. The van der Waals surface area contributed by atoms with E-state index in [9.17, 15) is 28.2 Å². The van der Waals surface area contributed by atoms with Crippen molar-refractivity contribution in [3.63, 3.8) is 0 Å². The lowest BCUT2D eigenvalue weighted by molar-refractivity contribution is -0.274. The van der Waals surface area contributed by atoms with Gasteiger partial charge in [-0.2, -0.15) is 0 Å². The average Bonchev–Trinajstić information content (AvgIpc) is 2.90. The largest absolute Gasteiger partial charge is 0.573 e. The zero-order valence-corrected chi connectivity index (χ0v) is 23.0. The molecule has 0 aliphatic carbocycles. The van der Waals surface area contributed by atoms with Crippen LogP contribution in [0, 0.1) is 11.8 Å². The first kappa shape index (κ1) is 30.0. The van der Waals surface area contributed by atoms with Gasteiger partial charge in [0, 0.05) is 41.7 Å². The molecule has 3 aromatic rings. The monoisotopic (exact) mass is 578 g/mol. The predicted octanol–water partition coefficient (Wildman–Crippen LogP) is 6.16. The third-order valence-corrected chi connectivity index (χ3v) is 8.25. The lowest BCUT2D eigenvalue weighted by Crippen LogP contribution is -2.42. The van der Waals surface area contributed by atoms with Gasteiger partial charge < -0.3 is 24.6 Å². The quantitative estimate of drug-likeness (QED) is 0.247. The van der Waals surface area contributed by atoms with Crippen LogP contribution in [0.2, 0.25) is 0 Å². The van der Waals surface area contributed by atoms with Crippen molar-refractivity contribution >= 4 is 28.6 Å². The second kappa shape index (κ2) is 13.6. The van der Waals surface area contributed by atoms with Gasteiger partial charge in [-0.05, 0) is 85.7 Å². The van der Waals surface area contributed by atoms with Gasteiger partial charge in [0.2, 0.25) is 0 Å². The van der Waals surface area contributed by atoms with Crippen LogP contribution in [-0.4, -0.2) is 64.9 Å². The number of methoxy groups -OCH3 is 1. The first-order valence-electron chi connectivity index (χ1n) is 13.1. The van der Waals surface area contributed by atoms with Crippen molar-refractivity contribution in [3.05, 3.63) is 60.3 Å². The average molecular weight is 579 g/mol. The van der Waals surface area contributed by atoms with Gasteiger partial charge in [0.1, 0.15) is 11.5 Å². The summed E-state index contributed by atoms with van der Waals surface area (Å²) in [6.45, 7) is 2.11. The van der Waals surface area contributed by atoms with E-state index in [0.717, 1.165) is 29.4 Å². The van der Waals surface area contributed by atoms with E-state index in [1.165, 1.54) is 30.0 Å². The molecule has 0 amide bonds. The van der Waals surface area contributed by atoms with Gasteiger partial charge in [-0.15, -0.1) is 24.9 Å². The Labute approximate surface area is 235 Å². The number of aliphatic hydroxyl groups excluding tert-OH is 1. The molecular weight excluding hydrogens is 545 g/mol. The van der Waals surface area contributed by atoms with Gasteiger partial charge in [0.25, 0.3) is 0 Å². The number of carboxylic acids is 1. The molecule has 216 valence electrons. The second-order valence-corrected chi connectivity index (χ2v) is 11.1. The molecule has 0 spiro atoms. The van der Waals surface area contributed by atoms with Crippen molar-refractivity contribution in [2.75, 3.05) is 32.5 Å². The number of ether oxygens (including phenoxy) is 2. The highest BCUT2D eigenvalue weighted by Crippen LogP contribution is 2.35. The van der Waals surface area contributed by atoms with Crippen LogP contribution in [-0.2, 0) is 4.79 Å². The molecule has 11 heteroatoms. The fourth-order valence-corrected chi connectivity index (χ4v) is 6.30.